The molecule has 1 unspecified atom stereocenters. The maximum absolute atomic E-state index is 11.1. The summed E-state index contributed by atoms with van der Waals surface area (Å²) in [7, 11) is 1.78. The number of hydrogen-bond donors (Lipinski definition) is 1. The second-order valence-corrected chi connectivity index (χ2v) is 4.71. The highest BCUT2D eigenvalue weighted by atomic mass is 16.6. The Hall–Kier alpha value is -1.96. The predicted molar refractivity (Wildman–Crippen MR) is 75.1 cm³/mol. The van der Waals surface area contributed by atoms with Crippen LogP contribution in [-0.4, -0.2) is 47.7 Å². The molecular weight excluding hydrogens is 262 g/mol. The molecule has 1 aromatic heterocycles. The Balaban J connectivity index is 2.20. The molecule has 2 rings (SSSR count). The van der Waals surface area contributed by atoms with Gasteiger partial charge in [0, 0.05) is 26.7 Å². The third-order valence-corrected chi connectivity index (χ3v) is 3.14. The van der Waals surface area contributed by atoms with E-state index in [1.807, 2.05) is 6.92 Å². The lowest BCUT2D eigenvalue weighted by Gasteiger charge is -2.21. The summed E-state index contributed by atoms with van der Waals surface area (Å²) in [5.41, 5.74) is -0.0906. The number of nitrogens with one attached hydrogen (secondary N) is 1. The molecule has 0 aromatic carbocycles. The molecule has 2 heterocycles. The monoisotopic (exact) mass is 281 g/mol. The first-order valence-corrected chi connectivity index (χ1v) is 6.70. The molecule has 0 spiro atoms. The molecule has 1 atom stereocenters. The lowest BCUT2D eigenvalue weighted by Crippen LogP contribution is -2.30. The molecule has 20 heavy (non-hydrogen) atoms. The Kier molecular flexibility index (Phi) is 4.67. The Morgan fingerprint density at radius 2 is 2.45 bits per heavy atom. The van der Waals surface area contributed by atoms with Crippen molar-refractivity contribution in [2.24, 2.45) is 0 Å². The predicted octanol–water partition coefficient (Wildman–Crippen LogP) is 1.43. The van der Waals surface area contributed by atoms with Gasteiger partial charge in [0.1, 0.15) is 6.20 Å². The number of anilines is 2. The second-order valence-electron chi connectivity index (χ2n) is 4.71. The van der Waals surface area contributed by atoms with Gasteiger partial charge < -0.3 is 15.0 Å². The summed E-state index contributed by atoms with van der Waals surface area (Å²) in [6.07, 6.45) is 3.36. The lowest BCUT2D eigenvalue weighted by molar-refractivity contribution is -0.384. The molecule has 1 aromatic rings. The van der Waals surface area contributed by atoms with E-state index in [-0.39, 0.29) is 11.8 Å². The molecule has 0 aliphatic carbocycles. The van der Waals surface area contributed by atoms with Crippen LogP contribution in [0.25, 0.3) is 0 Å². The molecule has 8 heteroatoms. The zero-order valence-electron chi connectivity index (χ0n) is 11.7. The second kappa shape index (κ2) is 6.47. The van der Waals surface area contributed by atoms with Crippen LogP contribution in [-0.2, 0) is 4.74 Å². The van der Waals surface area contributed by atoms with Crippen molar-refractivity contribution in [1.29, 1.82) is 0 Å². The van der Waals surface area contributed by atoms with Gasteiger partial charge in [0.2, 0.25) is 11.8 Å². The topological polar surface area (TPSA) is 93.4 Å². The highest BCUT2D eigenvalue weighted by Gasteiger charge is 2.24. The summed E-state index contributed by atoms with van der Waals surface area (Å²) < 4.78 is 5.55. The molecule has 8 nitrogen and oxygen atoms in total. The number of rotatable bonds is 6. The van der Waals surface area contributed by atoms with Crippen LogP contribution in [0.4, 0.5) is 17.5 Å². The molecule has 1 saturated heterocycles. The van der Waals surface area contributed by atoms with Crippen LogP contribution >= 0.6 is 0 Å². The van der Waals surface area contributed by atoms with Crippen molar-refractivity contribution in [1.82, 2.24) is 9.97 Å². The average molecular weight is 281 g/mol. The molecule has 0 amide bonds. The minimum Gasteiger partial charge on any atom is -0.376 e. The summed E-state index contributed by atoms with van der Waals surface area (Å²) in [5.74, 6) is 0.712. The van der Waals surface area contributed by atoms with Gasteiger partial charge in [-0.25, -0.2) is 4.98 Å². The van der Waals surface area contributed by atoms with Crippen LogP contribution < -0.4 is 10.2 Å². The van der Waals surface area contributed by atoms with E-state index in [0.717, 1.165) is 19.4 Å². The van der Waals surface area contributed by atoms with Gasteiger partial charge in [-0.05, 0) is 19.8 Å². The molecular formula is C12H19N5O3. The van der Waals surface area contributed by atoms with Crippen molar-refractivity contribution in [2.75, 3.05) is 37.0 Å². The zero-order valence-corrected chi connectivity index (χ0v) is 11.7. The Labute approximate surface area is 117 Å². The zero-order chi connectivity index (χ0) is 14.5. The van der Waals surface area contributed by atoms with Crippen molar-refractivity contribution in [3.05, 3.63) is 16.3 Å². The van der Waals surface area contributed by atoms with E-state index in [2.05, 4.69) is 15.3 Å². The number of hydrogen-bond acceptors (Lipinski definition) is 7. The number of likely N-dealkylation sites (N-methyl/N-ethyl adjacent to an activating group) is 1. The smallest absolute Gasteiger partial charge is 0.329 e. The summed E-state index contributed by atoms with van der Waals surface area (Å²) in [5, 5.41) is 14.0. The fourth-order valence-corrected chi connectivity index (χ4v) is 2.20. The van der Waals surface area contributed by atoms with Gasteiger partial charge in [-0.2, -0.15) is 4.98 Å². The van der Waals surface area contributed by atoms with Crippen molar-refractivity contribution < 1.29 is 9.66 Å². The van der Waals surface area contributed by atoms with Gasteiger partial charge in [0.25, 0.3) is 0 Å². The Morgan fingerprint density at radius 3 is 3.05 bits per heavy atom. The van der Waals surface area contributed by atoms with Gasteiger partial charge in [-0.1, -0.05) is 0 Å². The number of nitrogens with zero attached hydrogens (tertiary/aromatic N) is 4. The van der Waals surface area contributed by atoms with Crippen molar-refractivity contribution in [2.45, 2.75) is 25.9 Å². The van der Waals surface area contributed by atoms with Crippen molar-refractivity contribution in [3.8, 4) is 0 Å². The molecule has 1 aliphatic heterocycles. The molecule has 1 fully saturated rings. The van der Waals surface area contributed by atoms with E-state index in [1.54, 1.807) is 11.9 Å². The molecule has 1 N–H and O–H groups in total. The standard InChI is InChI=1S/C12H19N5O3/c1-3-13-12-14-7-10(17(18)19)11(15-12)16(2)8-9-5-4-6-20-9/h7,9H,3-6,8H2,1-2H3,(H,13,14,15). The summed E-state index contributed by atoms with van der Waals surface area (Å²) in [4.78, 5) is 20.6. The van der Waals surface area contributed by atoms with Crippen LogP contribution in [0, 0.1) is 10.1 Å². The fourth-order valence-electron chi connectivity index (χ4n) is 2.20. The quantitative estimate of drug-likeness (QED) is 0.622. The van der Waals surface area contributed by atoms with E-state index in [9.17, 15) is 10.1 Å². The third-order valence-electron chi connectivity index (χ3n) is 3.14. The van der Waals surface area contributed by atoms with Crippen molar-refractivity contribution >= 4 is 17.5 Å². The third kappa shape index (κ3) is 3.32. The number of ether oxygens (including phenoxy) is 1. The van der Waals surface area contributed by atoms with Crippen LogP contribution in [0.3, 0.4) is 0 Å². The first-order chi connectivity index (χ1) is 9.61. The van der Waals surface area contributed by atoms with Gasteiger partial charge in [-0.15, -0.1) is 0 Å². The van der Waals surface area contributed by atoms with E-state index in [1.165, 1.54) is 6.20 Å². The summed E-state index contributed by atoms with van der Waals surface area (Å²) in [6.45, 7) is 3.92. The maximum atomic E-state index is 11.1. The first kappa shape index (κ1) is 14.4. The minimum atomic E-state index is -0.461. The number of nitro groups is 1. The summed E-state index contributed by atoms with van der Waals surface area (Å²) in [6, 6.07) is 0. The molecule has 110 valence electrons. The molecule has 0 bridgehead atoms. The lowest BCUT2D eigenvalue weighted by atomic mass is 10.2. The fraction of sp³-hybridized carbons (Fsp3) is 0.667. The average Bonchev–Trinajstić information content (AvgIpc) is 2.91. The maximum Gasteiger partial charge on any atom is 0.329 e. The van der Waals surface area contributed by atoms with E-state index in [0.29, 0.717) is 24.9 Å². The number of aromatic nitrogens is 2. The van der Waals surface area contributed by atoms with Gasteiger partial charge in [0.05, 0.1) is 11.0 Å². The largest absolute Gasteiger partial charge is 0.376 e. The molecule has 1 aliphatic rings. The Morgan fingerprint density at radius 1 is 1.65 bits per heavy atom. The van der Waals surface area contributed by atoms with Gasteiger partial charge >= 0.3 is 5.69 Å². The van der Waals surface area contributed by atoms with E-state index in [4.69, 9.17) is 4.74 Å². The van der Waals surface area contributed by atoms with Crippen molar-refractivity contribution in [3.63, 3.8) is 0 Å². The van der Waals surface area contributed by atoms with Crippen LogP contribution in [0.15, 0.2) is 6.20 Å². The van der Waals surface area contributed by atoms with Gasteiger partial charge in [0.15, 0.2) is 0 Å². The van der Waals surface area contributed by atoms with E-state index < -0.39 is 4.92 Å². The van der Waals surface area contributed by atoms with Crippen LogP contribution in [0.2, 0.25) is 0 Å². The highest BCUT2D eigenvalue weighted by Crippen LogP contribution is 2.26. The molecule has 0 saturated carbocycles. The Bertz CT molecular complexity index is 476. The first-order valence-electron chi connectivity index (χ1n) is 6.70. The highest BCUT2D eigenvalue weighted by molar-refractivity contribution is 5.58. The summed E-state index contributed by atoms with van der Waals surface area (Å²) >= 11 is 0. The SMILES string of the molecule is CCNc1ncc([N+](=O)[O-])c(N(C)CC2CCCO2)n1. The van der Waals surface area contributed by atoms with Crippen LogP contribution in [0.5, 0.6) is 0 Å². The normalized spacial score (nSPS) is 18.0. The van der Waals surface area contributed by atoms with E-state index >= 15 is 0 Å². The molecule has 0 radical (unpaired) electrons. The van der Waals surface area contributed by atoms with Gasteiger partial charge in [-0.3, -0.25) is 10.1 Å². The van der Waals surface area contributed by atoms with Crippen LogP contribution in [0.1, 0.15) is 19.8 Å². The minimum absolute atomic E-state index is 0.0906.